The normalized spacial score (nSPS) is 12.4. The van der Waals surface area contributed by atoms with Gasteiger partial charge in [0.2, 0.25) is 0 Å². The number of anilines is 1. The Bertz CT molecular complexity index is 405. The van der Waals surface area contributed by atoms with Gasteiger partial charge in [-0.25, -0.2) is 4.98 Å². The van der Waals surface area contributed by atoms with Crippen LogP contribution in [0.2, 0.25) is 0 Å². The topological polar surface area (TPSA) is 46.9 Å². The van der Waals surface area contributed by atoms with Gasteiger partial charge in [0.1, 0.15) is 0 Å². The molecule has 102 valence electrons. The fraction of sp³-hybridized carbons (Fsp3) is 0.692. The van der Waals surface area contributed by atoms with Crippen LogP contribution in [0.5, 0.6) is 0 Å². The van der Waals surface area contributed by atoms with E-state index in [4.69, 9.17) is 11.6 Å². The van der Waals surface area contributed by atoms with Crippen LogP contribution in [-0.4, -0.2) is 22.0 Å². The highest BCUT2D eigenvalue weighted by Crippen LogP contribution is 2.09. The summed E-state index contributed by atoms with van der Waals surface area (Å²) in [6.07, 6.45) is 6.35. The smallest absolute Gasteiger partial charge is 0.293 e. The Morgan fingerprint density at radius 1 is 1.50 bits per heavy atom. The molecule has 0 radical (unpaired) electrons. The van der Waals surface area contributed by atoms with Crippen LogP contribution < -0.4 is 10.9 Å². The van der Waals surface area contributed by atoms with E-state index in [-0.39, 0.29) is 5.56 Å². The van der Waals surface area contributed by atoms with Crippen molar-refractivity contribution in [2.45, 2.75) is 39.7 Å². The van der Waals surface area contributed by atoms with Crippen molar-refractivity contribution in [3.63, 3.8) is 0 Å². The molecule has 0 fully saturated rings. The Morgan fingerprint density at radius 2 is 2.28 bits per heavy atom. The van der Waals surface area contributed by atoms with E-state index in [0.29, 0.717) is 17.6 Å². The van der Waals surface area contributed by atoms with Gasteiger partial charge in [0.15, 0.2) is 5.82 Å². The molecular formula is C13H22ClN3O. The number of nitrogens with zero attached hydrogens (tertiary/aromatic N) is 2. The SMILES string of the molecule is CCCn1ccnc(NCC(CC)CCCl)c1=O. The molecule has 0 aliphatic heterocycles. The summed E-state index contributed by atoms with van der Waals surface area (Å²) in [5.41, 5.74) is -0.0416. The molecule has 0 aliphatic carbocycles. The van der Waals surface area contributed by atoms with Crippen molar-refractivity contribution in [2.24, 2.45) is 5.92 Å². The molecule has 5 heteroatoms. The van der Waals surface area contributed by atoms with Gasteiger partial charge in [0.25, 0.3) is 5.56 Å². The van der Waals surface area contributed by atoms with E-state index in [2.05, 4.69) is 17.2 Å². The van der Waals surface area contributed by atoms with Crippen LogP contribution in [0.1, 0.15) is 33.1 Å². The molecule has 1 aromatic rings. The molecule has 0 amide bonds. The number of aromatic nitrogens is 2. The van der Waals surface area contributed by atoms with Gasteiger partial charge in [-0.05, 0) is 18.8 Å². The molecule has 1 unspecified atom stereocenters. The second-order valence-corrected chi connectivity index (χ2v) is 4.79. The molecule has 1 rings (SSSR count). The summed E-state index contributed by atoms with van der Waals surface area (Å²) in [5.74, 6) is 1.59. The lowest BCUT2D eigenvalue weighted by Gasteiger charge is -2.14. The molecule has 0 saturated carbocycles. The number of halogens is 1. The van der Waals surface area contributed by atoms with Crippen molar-refractivity contribution in [2.75, 3.05) is 17.7 Å². The van der Waals surface area contributed by atoms with Gasteiger partial charge in [0.05, 0.1) is 0 Å². The van der Waals surface area contributed by atoms with Crippen molar-refractivity contribution in [3.8, 4) is 0 Å². The van der Waals surface area contributed by atoms with Crippen LogP contribution in [0.25, 0.3) is 0 Å². The minimum absolute atomic E-state index is 0.0416. The van der Waals surface area contributed by atoms with Crippen LogP contribution in [0.15, 0.2) is 17.2 Å². The van der Waals surface area contributed by atoms with Crippen LogP contribution in [-0.2, 0) is 6.54 Å². The molecule has 1 aromatic heterocycles. The van der Waals surface area contributed by atoms with Crippen LogP contribution >= 0.6 is 11.6 Å². The molecule has 0 saturated heterocycles. The van der Waals surface area contributed by atoms with Crippen LogP contribution in [0.4, 0.5) is 5.82 Å². The van der Waals surface area contributed by atoms with E-state index < -0.39 is 0 Å². The highest BCUT2D eigenvalue weighted by atomic mass is 35.5. The highest BCUT2D eigenvalue weighted by Gasteiger charge is 2.08. The van der Waals surface area contributed by atoms with E-state index in [1.54, 1.807) is 17.0 Å². The first-order valence-electron chi connectivity index (χ1n) is 6.58. The summed E-state index contributed by atoms with van der Waals surface area (Å²) in [4.78, 5) is 16.1. The molecule has 0 bridgehead atoms. The maximum atomic E-state index is 12.0. The molecule has 0 spiro atoms. The summed E-state index contributed by atoms with van der Waals surface area (Å²) in [7, 11) is 0. The van der Waals surface area contributed by atoms with E-state index >= 15 is 0 Å². The lowest BCUT2D eigenvalue weighted by molar-refractivity contribution is 0.520. The van der Waals surface area contributed by atoms with Gasteiger partial charge in [0, 0.05) is 31.4 Å². The third kappa shape index (κ3) is 4.33. The molecule has 1 N–H and O–H groups in total. The summed E-state index contributed by atoms with van der Waals surface area (Å²) in [5, 5.41) is 3.14. The molecule has 0 aromatic carbocycles. The Labute approximate surface area is 113 Å². The molecule has 4 nitrogen and oxygen atoms in total. The second kappa shape index (κ2) is 8.14. The summed E-state index contributed by atoms with van der Waals surface area (Å²) in [6.45, 7) is 5.66. The van der Waals surface area contributed by atoms with Crippen molar-refractivity contribution >= 4 is 17.4 Å². The zero-order chi connectivity index (χ0) is 13.4. The number of aryl methyl sites for hydroxylation is 1. The van der Waals surface area contributed by atoms with Gasteiger partial charge >= 0.3 is 0 Å². The number of hydrogen-bond donors (Lipinski definition) is 1. The van der Waals surface area contributed by atoms with Crippen molar-refractivity contribution < 1.29 is 0 Å². The van der Waals surface area contributed by atoms with Crippen molar-refractivity contribution in [3.05, 3.63) is 22.7 Å². The first-order chi connectivity index (χ1) is 8.72. The summed E-state index contributed by atoms with van der Waals surface area (Å²) in [6, 6.07) is 0. The van der Waals surface area contributed by atoms with Gasteiger partial charge in [-0.15, -0.1) is 11.6 Å². The first kappa shape index (κ1) is 15.0. The van der Waals surface area contributed by atoms with Crippen molar-refractivity contribution in [1.82, 2.24) is 9.55 Å². The van der Waals surface area contributed by atoms with E-state index in [1.807, 2.05) is 6.92 Å². The highest BCUT2D eigenvalue weighted by molar-refractivity contribution is 6.17. The fourth-order valence-corrected chi connectivity index (χ4v) is 2.14. The Morgan fingerprint density at radius 3 is 2.89 bits per heavy atom. The number of alkyl halides is 1. The van der Waals surface area contributed by atoms with Crippen molar-refractivity contribution in [1.29, 1.82) is 0 Å². The largest absolute Gasteiger partial charge is 0.365 e. The van der Waals surface area contributed by atoms with Gasteiger partial charge in [-0.3, -0.25) is 4.79 Å². The second-order valence-electron chi connectivity index (χ2n) is 4.41. The third-order valence-corrected chi connectivity index (χ3v) is 3.25. The quantitative estimate of drug-likeness (QED) is 0.740. The summed E-state index contributed by atoms with van der Waals surface area (Å²) < 4.78 is 1.69. The molecule has 1 atom stereocenters. The zero-order valence-electron chi connectivity index (χ0n) is 11.2. The molecule has 18 heavy (non-hydrogen) atoms. The number of nitrogens with one attached hydrogen (secondary N) is 1. The molecular weight excluding hydrogens is 250 g/mol. The Balaban J connectivity index is 2.67. The predicted molar refractivity (Wildman–Crippen MR) is 76.4 cm³/mol. The lowest BCUT2D eigenvalue weighted by atomic mass is 10.0. The first-order valence-corrected chi connectivity index (χ1v) is 7.11. The Kier molecular flexibility index (Phi) is 6.80. The lowest BCUT2D eigenvalue weighted by Crippen LogP contribution is -2.26. The van der Waals surface area contributed by atoms with Crippen LogP contribution in [0, 0.1) is 5.92 Å². The van der Waals surface area contributed by atoms with Gasteiger partial charge in [-0.1, -0.05) is 20.3 Å². The number of rotatable bonds is 8. The standard InChI is InChI=1S/C13H22ClN3O/c1-3-8-17-9-7-15-12(13(17)18)16-10-11(4-2)5-6-14/h7,9,11H,3-6,8,10H2,1-2H3,(H,15,16). The maximum Gasteiger partial charge on any atom is 0.293 e. The number of hydrogen-bond acceptors (Lipinski definition) is 3. The zero-order valence-corrected chi connectivity index (χ0v) is 11.9. The minimum atomic E-state index is -0.0416. The van der Waals surface area contributed by atoms with Gasteiger partial charge in [-0.2, -0.15) is 0 Å². The van der Waals surface area contributed by atoms with Crippen LogP contribution in [0.3, 0.4) is 0 Å². The minimum Gasteiger partial charge on any atom is -0.365 e. The third-order valence-electron chi connectivity index (χ3n) is 3.03. The average molecular weight is 272 g/mol. The maximum absolute atomic E-state index is 12.0. The van der Waals surface area contributed by atoms with E-state index in [0.717, 1.165) is 32.4 Å². The monoisotopic (exact) mass is 271 g/mol. The predicted octanol–water partition coefficient (Wildman–Crippen LogP) is 2.72. The van der Waals surface area contributed by atoms with E-state index in [1.165, 1.54) is 0 Å². The van der Waals surface area contributed by atoms with E-state index in [9.17, 15) is 4.79 Å². The average Bonchev–Trinajstić information content (AvgIpc) is 2.38. The molecule has 1 heterocycles. The Hall–Kier alpha value is -1.03. The van der Waals surface area contributed by atoms with Gasteiger partial charge < -0.3 is 9.88 Å². The summed E-state index contributed by atoms with van der Waals surface area (Å²) >= 11 is 5.75. The fourth-order valence-electron chi connectivity index (χ4n) is 1.83. The molecule has 0 aliphatic rings.